The van der Waals surface area contributed by atoms with E-state index < -0.39 is 47.4 Å². The van der Waals surface area contributed by atoms with Crippen molar-refractivity contribution in [3.63, 3.8) is 0 Å². The van der Waals surface area contributed by atoms with E-state index in [1.165, 1.54) is 0 Å². The predicted molar refractivity (Wildman–Crippen MR) is 157 cm³/mol. The van der Waals surface area contributed by atoms with Crippen molar-refractivity contribution in [3.05, 3.63) is 130 Å². The van der Waals surface area contributed by atoms with Gasteiger partial charge in [-0.1, -0.05) is 78.8 Å². The van der Waals surface area contributed by atoms with Crippen molar-refractivity contribution in [3.8, 4) is 11.1 Å². The Kier molecular flexibility index (Phi) is 2.76. The van der Waals surface area contributed by atoms with E-state index in [-0.39, 0.29) is 44.5 Å². The summed E-state index contributed by atoms with van der Waals surface area (Å²) in [4.78, 5) is 28.2. The minimum Gasteiger partial charge on any atom is -0.456 e. The molecule has 0 aliphatic rings. The van der Waals surface area contributed by atoms with Gasteiger partial charge in [0.25, 0.3) is 11.1 Å². The topological polar surface area (TPSA) is 56.1 Å². The van der Waals surface area contributed by atoms with E-state index >= 15 is 0 Å². The zero-order valence-corrected chi connectivity index (χ0v) is 20.0. The average Bonchev–Trinajstić information content (AvgIpc) is 3.71. The highest BCUT2D eigenvalue weighted by atomic mass is 16.3. The molecule has 0 saturated heterocycles. The van der Waals surface area contributed by atoms with Crippen molar-refractivity contribution in [2.24, 2.45) is 0 Å². The molecule has 0 spiro atoms. The summed E-state index contributed by atoms with van der Waals surface area (Å²) in [6, 6.07) is 17.2. The number of aromatic nitrogens is 2. The fourth-order valence-electron chi connectivity index (χ4n) is 5.89. The second-order valence-corrected chi connectivity index (χ2v) is 9.54. The maximum Gasteiger partial charge on any atom is 0.283 e. The number of benzene rings is 6. The zero-order valence-electron chi connectivity index (χ0n) is 27.0. The van der Waals surface area contributed by atoms with Gasteiger partial charge in [0.15, 0.2) is 0 Å². The van der Waals surface area contributed by atoms with E-state index in [1.54, 1.807) is 22.7 Å². The van der Waals surface area contributed by atoms with Crippen LogP contribution in [-0.2, 0) is 0 Å². The number of fused-ring (bicyclic) bond motifs is 12. The van der Waals surface area contributed by atoms with Crippen LogP contribution < -0.4 is 11.1 Å². The van der Waals surface area contributed by atoms with Gasteiger partial charge in [-0.25, -0.2) is 4.52 Å². The number of rotatable bonds is 1. The minimum absolute atomic E-state index is 0.0764. The molecule has 5 nitrogen and oxygen atoms in total. The van der Waals surface area contributed by atoms with Crippen LogP contribution >= 0.6 is 0 Å². The summed E-state index contributed by atoms with van der Waals surface area (Å²) in [5.41, 5.74) is -0.589. The maximum absolute atomic E-state index is 14.2. The Bertz CT molecular complexity index is 3000. The standard InChI is InChI=1S/C34H18N2O3/c37-33-31-22(20-13-14-25-24-8-3-4-11-29(24)39-30(25)18-20)9-5-10-27(31)35-28-17-16-23-21-7-2-1-6-19(21)12-15-26(23)32(28)34(38)36(33)35/h1-18H/i3D,4D,8D,11D,13D,14D,18D. The molecule has 9 aromatic rings. The SMILES string of the molecule is [2H]c1c([2H])c([2H])c2c(oc3c([2H])c(-c4cccc5c4c(=O)n4c(=O)c6c7ccc8ccccc8c7ccc6n54)c([2H])c([2H])c32)c1[2H]. The molecule has 6 aromatic carbocycles. The molecule has 182 valence electrons. The van der Waals surface area contributed by atoms with Gasteiger partial charge in [0, 0.05) is 10.8 Å². The van der Waals surface area contributed by atoms with Gasteiger partial charge in [0.1, 0.15) is 11.2 Å². The third kappa shape index (κ3) is 2.54. The third-order valence-corrected chi connectivity index (χ3v) is 7.57. The van der Waals surface area contributed by atoms with Gasteiger partial charge < -0.3 is 4.42 Å². The van der Waals surface area contributed by atoms with Gasteiger partial charge >= 0.3 is 0 Å². The van der Waals surface area contributed by atoms with E-state index in [1.807, 2.05) is 48.5 Å². The van der Waals surface area contributed by atoms with Crippen molar-refractivity contribution < 1.29 is 14.0 Å². The largest absolute Gasteiger partial charge is 0.456 e. The number of furan rings is 1. The Morgan fingerprint density at radius 1 is 0.590 bits per heavy atom. The zero-order chi connectivity index (χ0) is 31.9. The highest BCUT2D eigenvalue weighted by Crippen LogP contribution is 2.35. The molecule has 39 heavy (non-hydrogen) atoms. The highest BCUT2D eigenvalue weighted by molar-refractivity contribution is 6.17. The van der Waals surface area contributed by atoms with Crippen molar-refractivity contribution in [2.45, 2.75) is 0 Å². The second kappa shape index (κ2) is 7.11. The molecule has 0 aliphatic carbocycles. The monoisotopic (exact) mass is 509 g/mol. The molecule has 0 N–H and O–H groups in total. The van der Waals surface area contributed by atoms with Crippen LogP contribution in [0.15, 0.2) is 123 Å². The highest BCUT2D eigenvalue weighted by Gasteiger charge is 2.22. The van der Waals surface area contributed by atoms with Gasteiger partial charge in [0.2, 0.25) is 0 Å². The van der Waals surface area contributed by atoms with Crippen LogP contribution in [-0.4, -0.2) is 9.03 Å². The Morgan fingerprint density at radius 3 is 2.33 bits per heavy atom. The molecule has 0 fully saturated rings. The molecule has 5 heteroatoms. The number of hydrogen-bond acceptors (Lipinski definition) is 3. The molecule has 0 aliphatic heterocycles. The molecule has 3 heterocycles. The summed E-state index contributed by atoms with van der Waals surface area (Å²) in [6.07, 6.45) is 0. The Morgan fingerprint density at radius 2 is 1.38 bits per heavy atom. The lowest BCUT2D eigenvalue weighted by Crippen LogP contribution is -2.21. The first-order valence-corrected chi connectivity index (χ1v) is 12.3. The normalized spacial score (nSPS) is 14.8. The summed E-state index contributed by atoms with van der Waals surface area (Å²) in [5, 5.41) is 3.93. The molecule has 0 unspecified atom stereocenters. The lowest BCUT2D eigenvalue weighted by Gasteiger charge is -2.05. The van der Waals surface area contributed by atoms with Gasteiger partial charge in [-0.3, -0.25) is 9.59 Å². The quantitative estimate of drug-likeness (QED) is 0.217. The molecular formula is C34H18N2O3. The average molecular weight is 510 g/mol. The second-order valence-electron chi connectivity index (χ2n) is 9.54. The fourth-order valence-corrected chi connectivity index (χ4v) is 5.89. The van der Waals surface area contributed by atoms with Crippen LogP contribution in [0.1, 0.15) is 9.60 Å². The lowest BCUT2D eigenvalue weighted by atomic mass is 9.99. The molecule has 9 rings (SSSR count). The Balaban J connectivity index is 1.40. The van der Waals surface area contributed by atoms with Crippen LogP contribution in [0.4, 0.5) is 0 Å². The van der Waals surface area contributed by atoms with Crippen LogP contribution in [0.3, 0.4) is 0 Å². The van der Waals surface area contributed by atoms with E-state index in [0.717, 1.165) is 20.7 Å². The van der Waals surface area contributed by atoms with Crippen LogP contribution in [0.5, 0.6) is 0 Å². The number of nitrogens with zero attached hydrogens (tertiary/aromatic N) is 2. The van der Waals surface area contributed by atoms with Crippen LogP contribution in [0, 0.1) is 0 Å². The van der Waals surface area contributed by atoms with Crippen molar-refractivity contribution in [2.75, 3.05) is 0 Å². The maximum atomic E-state index is 14.2. The van der Waals surface area contributed by atoms with E-state index in [9.17, 15) is 9.59 Å². The van der Waals surface area contributed by atoms with Gasteiger partial charge in [0.05, 0.1) is 31.4 Å². The molecule has 3 aromatic heterocycles. The van der Waals surface area contributed by atoms with Gasteiger partial charge in [-0.15, -0.1) is 0 Å². The Labute approximate surface area is 229 Å². The van der Waals surface area contributed by atoms with Crippen LogP contribution in [0.25, 0.3) is 76.4 Å². The molecule has 0 atom stereocenters. The number of hydrogen-bond donors (Lipinski definition) is 0. The first kappa shape index (κ1) is 15.1. The lowest BCUT2D eigenvalue weighted by molar-refractivity contribution is 0.669. The minimum atomic E-state index is -0.643. The Hall–Kier alpha value is -5.42. The fraction of sp³-hybridized carbons (Fsp3) is 0. The first-order chi connectivity index (χ1) is 22.1. The smallest absolute Gasteiger partial charge is 0.283 e. The summed E-state index contributed by atoms with van der Waals surface area (Å²) < 4.78 is 68.1. The van der Waals surface area contributed by atoms with Gasteiger partial charge in [-0.2, -0.15) is 4.52 Å². The summed E-state index contributed by atoms with van der Waals surface area (Å²) >= 11 is 0. The van der Waals surface area contributed by atoms with E-state index in [4.69, 9.17) is 14.0 Å². The predicted octanol–water partition coefficient (Wildman–Crippen LogP) is 7.38. The van der Waals surface area contributed by atoms with Crippen LogP contribution in [0.2, 0.25) is 0 Å². The molecule has 0 radical (unpaired) electrons. The van der Waals surface area contributed by atoms with Gasteiger partial charge in [-0.05, 0) is 62.9 Å². The molecule has 0 saturated carbocycles. The van der Waals surface area contributed by atoms with Crippen molar-refractivity contribution in [1.29, 1.82) is 0 Å². The molecular weight excluding hydrogens is 484 g/mol. The van der Waals surface area contributed by atoms with Crippen molar-refractivity contribution in [1.82, 2.24) is 9.03 Å². The third-order valence-electron chi connectivity index (χ3n) is 7.57. The summed E-state index contributed by atoms with van der Waals surface area (Å²) in [6.45, 7) is 0. The first-order valence-electron chi connectivity index (χ1n) is 15.8. The molecule has 0 bridgehead atoms. The summed E-state index contributed by atoms with van der Waals surface area (Å²) in [7, 11) is 0. The molecule has 0 amide bonds. The number of para-hydroxylation sites is 1. The van der Waals surface area contributed by atoms with E-state index in [0.29, 0.717) is 21.8 Å². The summed E-state index contributed by atoms with van der Waals surface area (Å²) in [5.74, 6) is 0. The van der Waals surface area contributed by atoms with Crippen molar-refractivity contribution >= 4 is 65.3 Å². The van der Waals surface area contributed by atoms with E-state index in [2.05, 4.69) is 0 Å².